The Hall–Kier alpha value is -3.33. The number of fused-ring (bicyclic) bond motifs is 1. The fourth-order valence-corrected chi connectivity index (χ4v) is 2.74. The van der Waals surface area contributed by atoms with Crippen molar-refractivity contribution in [3.05, 3.63) is 42.4 Å². The minimum Gasteiger partial charge on any atom is -0.491 e. The fraction of sp³-hybridized carbons (Fsp3) is 0.278. The average Bonchev–Trinajstić information content (AvgIpc) is 3.28. The normalized spacial score (nSPS) is 11.4. The van der Waals surface area contributed by atoms with Crippen LogP contribution >= 0.6 is 0 Å². The minimum absolute atomic E-state index is 0.0216. The van der Waals surface area contributed by atoms with Crippen LogP contribution in [0, 0.1) is 0 Å². The lowest BCUT2D eigenvalue weighted by molar-refractivity contribution is 0.243. The zero-order valence-corrected chi connectivity index (χ0v) is 15.0. The molecule has 0 fully saturated rings. The Morgan fingerprint density at radius 2 is 2.15 bits per heavy atom. The summed E-state index contributed by atoms with van der Waals surface area (Å²) in [6, 6.07) is 7.49. The lowest BCUT2D eigenvalue weighted by Gasteiger charge is -2.09. The van der Waals surface area contributed by atoms with Crippen molar-refractivity contribution in [2.75, 3.05) is 6.61 Å². The first-order chi connectivity index (χ1) is 13.1. The number of aromatic nitrogens is 7. The van der Waals surface area contributed by atoms with Gasteiger partial charge >= 0.3 is 0 Å². The predicted octanol–water partition coefficient (Wildman–Crippen LogP) is 1.92. The standard InChI is InChI=1S/C18H19N7O2/c1-11(2)27-13-3-4-15-14(9-13)17(23-22-15)18-19-7-5-16(20-18)25-10-12(6-8-26)21-24-25/h3-5,7,9-11,26H,6,8H2,1-2H3,(H,22,23). The molecule has 3 aromatic heterocycles. The molecule has 1 aromatic carbocycles. The molecule has 9 heteroatoms. The van der Waals surface area contributed by atoms with Gasteiger partial charge in [0.05, 0.1) is 23.5 Å². The number of aliphatic hydroxyl groups excluding tert-OH is 1. The van der Waals surface area contributed by atoms with Gasteiger partial charge in [-0.15, -0.1) is 5.10 Å². The highest BCUT2D eigenvalue weighted by molar-refractivity contribution is 5.92. The number of nitrogens with zero attached hydrogens (tertiary/aromatic N) is 6. The smallest absolute Gasteiger partial charge is 0.182 e. The Morgan fingerprint density at radius 3 is 2.96 bits per heavy atom. The minimum atomic E-state index is 0.0216. The molecule has 4 rings (SSSR count). The van der Waals surface area contributed by atoms with Crippen LogP contribution in [0.4, 0.5) is 0 Å². The quantitative estimate of drug-likeness (QED) is 0.536. The van der Waals surface area contributed by atoms with Crippen molar-refractivity contribution in [2.45, 2.75) is 26.4 Å². The van der Waals surface area contributed by atoms with Gasteiger partial charge < -0.3 is 9.84 Å². The maximum Gasteiger partial charge on any atom is 0.182 e. The first-order valence-electron chi connectivity index (χ1n) is 8.64. The molecule has 0 atom stereocenters. The van der Waals surface area contributed by atoms with Crippen LogP contribution < -0.4 is 4.74 Å². The van der Waals surface area contributed by atoms with Gasteiger partial charge in [-0.1, -0.05) is 5.21 Å². The Balaban J connectivity index is 1.72. The van der Waals surface area contributed by atoms with Crippen LogP contribution in [0.2, 0.25) is 0 Å². The van der Waals surface area contributed by atoms with Gasteiger partial charge in [-0.05, 0) is 32.0 Å². The number of aliphatic hydroxyl groups is 1. The van der Waals surface area contributed by atoms with Gasteiger partial charge in [-0.2, -0.15) is 5.10 Å². The van der Waals surface area contributed by atoms with Gasteiger partial charge in [0.15, 0.2) is 11.6 Å². The second-order valence-corrected chi connectivity index (χ2v) is 6.31. The SMILES string of the molecule is CC(C)Oc1ccc2[nH]nc(-c3nccc(-n4cc(CCO)nn4)n3)c2c1. The zero-order valence-electron chi connectivity index (χ0n) is 15.0. The lowest BCUT2D eigenvalue weighted by atomic mass is 10.2. The van der Waals surface area contributed by atoms with Crippen molar-refractivity contribution in [1.82, 2.24) is 35.2 Å². The molecule has 0 aliphatic rings. The summed E-state index contributed by atoms with van der Waals surface area (Å²) < 4.78 is 7.33. The van der Waals surface area contributed by atoms with Crippen LogP contribution in [-0.4, -0.2) is 53.0 Å². The predicted molar refractivity (Wildman–Crippen MR) is 98.6 cm³/mol. The van der Waals surface area contributed by atoms with Crippen LogP contribution in [0.15, 0.2) is 36.7 Å². The Labute approximate surface area is 155 Å². The van der Waals surface area contributed by atoms with Crippen LogP contribution in [0.3, 0.4) is 0 Å². The maximum absolute atomic E-state index is 9.02. The van der Waals surface area contributed by atoms with E-state index in [0.717, 1.165) is 16.7 Å². The number of aromatic amines is 1. The molecule has 0 saturated heterocycles. The molecule has 3 heterocycles. The monoisotopic (exact) mass is 365 g/mol. The van der Waals surface area contributed by atoms with Crippen LogP contribution in [-0.2, 0) is 6.42 Å². The van der Waals surface area contributed by atoms with Crippen molar-refractivity contribution in [1.29, 1.82) is 0 Å². The highest BCUT2D eigenvalue weighted by Gasteiger charge is 2.14. The van der Waals surface area contributed by atoms with E-state index < -0.39 is 0 Å². The highest BCUT2D eigenvalue weighted by Crippen LogP contribution is 2.28. The molecular formula is C18H19N7O2. The van der Waals surface area contributed by atoms with E-state index in [1.807, 2.05) is 32.0 Å². The molecule has 0 aliphatic carbocycles. The summed E-state index contributed by atoms with van der Waals surface area (Å²) in [5.41, 5.74) is 2.20. The number of H-pyrrole nitrogens is 1. The molecule has 0 unspecified atom stereocenters. The van der Waals surface area contributed by atoms with Gasteiger partial charge in [0.25, 0.3) is 0 Å². The van der Waals surface area contributed by atoms with E-state index >= 15 is 0 Å². The van der Waals surface area contributed by atoms with Crippen LogP contribution in [0.1, 0.15) is 19.5 Å². The lowest BCUT2D eigenvalue weighted by Crippen LogP contribution is -2.05. The molecule has 0 spiro atoms. The van der Waals surface area contributed by atoms with Gasteiger partial charge in [0, 0.05) is 30.7 Å². The molecule has 0 amide bonds. The van der Waals surface area contributed by atoms with Crippen LogP contribution in [0.5, 0.6) is 5.75 Å². The van der Waals surface area contributed by atoms with Gasteiger partial charge in [0.2, 0.25) is 0 Å². The van der Waals surface area contributed by atoms with Crippen molar-refractivity contribution >= 4 is 10.9 Å². The van der Waals surface area contributed by atoms with Crippen molar-refractivity contribution in [2.24, 2.45) is 0 Å². The average molecular weight is 365 g/mol. The number of hydrogen-bond acceptors (Lipinski definition) is 7. The van der Waals surface area contributed by atoms with Gasteiger partial charge in [0.1, 0.15) is 11.4 Å². The largest absolute Gasteiger partial charge is 0.491 e. The molecule has 0 radical (unpaired) electrons. The fourth-order valence-electron chi connectivity index (χ4n) is 2.74. The van der Waals surface area contributed by atoms with Crippen molar-refractivity contribution < 1.29 is 9.84 Å². The zero-order chi connectivity index (χ0) is 18.8. The molecule has 0 saturated carbocycles. The van der Waals surface area contributed by atoms with Crippen molar-refractivity contribution in [3.8, 4) is 23.1 Å². The second-order valence-electron chi connectivity index (χ2n) is 6.31. The summed E-state index contributed by atoms with van der Waals surface area (Å²) in [5, 5.41) is 25.3. The molecule has 138 valence electrons. The molecule has 0 aliphatic heterocycles. The van der Waals surface area contributed by atoms with Gasteiger partial charge in [-0.25, -0.2) is 14.6 Å². The molecule has 2 N–H and O–H groups in total. The number of hydrogen-bond donors (Lipinski definition) is 2. The van der Waals surface area contributed by atoms with E-state index in [2.05, 4.69) is 30.5 Å². The second kappa shape index (κ2) is 7.12. The molecule has 0 bridgehead atoms. The first kappa shape index (κ1) is 17.1. The molecule has 9 nitrogen and oxygen atoms in total. The molecule has 4 aromatic rings. The molecular weight excluding hydrogens is 346 g/mol. The van der Waals surface area contributed by atoms with E-state index in [4.69, 9.17) is 9.84 Å². The third-order valence-corrected chi connectivity index (χ3v) is 3.90. The summed E-state index contributed by atoms with van der Waals surface area (Å²) in [4.78, 5) is 8.92. The van der Waals surface area contributed by atoms with E-state index in [1.165, 1.54) is 0 Å². The van der Waals surface area contributed by atoms with E-state index in [9.17, 15) is 0 Å². The van der Waals surface area contributed by atoms with E-state index in [1.54, 1.807) is 23.1 Å². The first-order valence-corrected chi connectivity index (χ1v) is 8.64. The number of ether oxygens (including phenoxy) is 1. The summed E-state index contributed by atoms with van der Waals surface area (Å²) in [6.07, 6.45) is 3.91. The summed E-state index contributed by atoms with van der Waals surface area (Å²) in [6.45, 7) is 3.99. The van der Waals surface area contributed by atoms with Crippen molar-refractivity contribution in [3.63, 3.8) is 0 Å². The third-order valence-electron chi connectivity index (χ3n) is 3.90. The third kappa shape index (κ3) is 3.49. The van der Waals surface area contributed by atoms with E-state index in [-0.39, 0.29) is 12.7 Å². The summed E-state index contributed by atoms with van der Waals surface area (Å²) in [7, 11) is 0. The maximum atomic E-state index is 9.02. The Kier molecular flexibility index (Phi) is 4.51. The molecule has 27 heavy (non-hydrogen) atoms. The number of rotatable bonds is 6. The Bertz CT molecular complexity index is 1070. The topological polar surface area (TPSA) is 115 Å². The number of benzene rings is 1. The van der Waals surface area contributed by atoms with Gasteiger partial charge in [-0.3, -0.25) is 5.10 Å². The van der Waals surface area contributed by atoms with E-state index in [0.29, 0.717) is 29.5 Å². The van der Waals surface area contributed by atoms with Crippen LogP contribution in [0.25, 0.3) is 28.2 Å². The Morgan fingerprint density at radius 1 is 1.26 bits per heavy atom. The number of nitrogens with one attached hydrogen (secondary N) is 1. The summed E-state index contributed by atoms with van der Waals surface area (Å²) >= 11 is 0. The highest BCUT2D eigenvalue weighted by atomic mass is 16.5. The summed E-state index contributed by atoms with van der Waals surface area (Å²) in [5.74, 6) is 1.81.